The van der Waals surface area contributed by atoms with E-state index >= 15 is 0 Å². The molecule has 0 aliphatic carbocycles. The molecule has 0 spiro atoms. The number of hydrogen-bond acceptors (Lipinski definition) is 3. The predicted octanol–water partition coefficient (Wildman–Crippen LogP) is 2.88. The van der Waals surface area contributed by atoms with E-state index in [1.807, 2.05) is 30.5 Å². The molecular formula is C14H18ClN3O. The van der Waals surface area contributed by atoms with Crippen molar-refractivity contribution in [3.63, 3.8) is 0 Å². The third-order valence-electron chi connectivity index (χ3n) is 3.09. The van der Waals surface area contributed by atoms with Gasteiger partial charge < -0.3 is 9.72 Å². The summed E-state index contributed by atoms with van der Waals surface area (Å²) in [5.74, 6) is 0. The molecule has 0 amide bonds. The Balaban J connectivity index is 2.12. The monoisotopic (exact) mass is 279 g/mol. The minimum absolute atomic E-state index is 0.186. The largest absolute Gasteiger partial charge is 0.383 e. The quantitative estimate of drug-likeness (QED) is 0.884. The number of H-pyrrole nitrogens is 1. The van der Waals surface area contributed by atoms with Crippen molar-refractivity contribution in [3.05, 3.63) is 53.1 Å². The first kappa shape index (κ1) is 14.1. The molecule has 19 heavy (non-hydrogen) atoms. The minimum atomic E-state index is 0.186. The fourth-order valence-corrected chi connectivity index (χ4v) is 2.20. The van der Waals surface area contributed by atoms with Gasteiger partial charge in [0.15, 0.2) is 0 Å². The van der Waals surface area contributed by atoms with Crippen molar-refractivity contribution >= 4 is 11.6 Å². The molecule has 0 saturated heterocycles. The van der Waals surface area contributed by atoms with Crippen molar-refractivity contribution in [1.29, 1.82) is 0 Å². The molecule has 1 N–H and O–H groups in total. The van der Waals surface area contributed by atoms with E-state index in [9.17, 15) is 0 Å². The van der Waals surface area contributed by atoms with Crippen molar-refractivity contribution in [1.82, 2.24) is 14.9 Å². The Morgan fingerprint density at radius 1 is 1.37 bits per heavy atom. The van der Waals surface area contributed by atoms with E-state index in [2.05, 4.69) is 21.9 Å². The third-order valence-corrected chi connectivity index (χ3v) is 3.34. The van der Waals surface area contributed by atoms with Crippen LogP contribution in [0.15, 0.2) is 36.8 Å². The van der Waals surface area contributed by atoms with Crippen molar-refractivity contribution in [2.75, 3.05) is 20.8 Å². The Morgan fingerprint density at radius 2 is 2.11 bits per heavy atom. The summed E-state index contributed by atoms with van der Waals surface area (Å²) in [5, 5.41) is 0.746. The predicted molar refractivity (Wildman–Crippen MR) is 76.1 cm³/mol. The van der Waals surface area contributed by atoms with E-state index < -0.39 is 0 Å². The summed E-state index contributed by atoms with van der Waals surface area (Å²) in [6.45, 7) is 1.42. The highest BCUT2D eigenvalue weighted by atomic mass is 35.5. The van der Waals surface area contributed by atoms with E-state index in [1.165, 1.54) is 5.56 Å². The number of aromatic amines is 1. The molecule has 1 heterocycles. The van der Waals surface area contributed by atoms with E-state index in [-0.39, 0.29) is 6.04 Å². The zero-order valence-electron chi connectivity index (χ0n) is 11.1. The van der Waals surface area contributed by atoms with Crippen LogP contribution in [0, 0.1) is 0 Å². The molecule has 5 heteroatoms. The highest BCUT2D eigenvalue weighted by Crippen LogP contribution is 2.22. The number of rotatable bonds is 6. The summed E-state index contributed by atoms with van der Waals surface area (Å²) in [6.07, 6.45) is 3.53. The van der Waals surface area contributed by atoms with Gasteiger partial charge in [0, 0.05) is 30.6 Å². The molecule has 2 rings (SSSR count). The van der Waals surface area contributed by atoms with Gasteiger partial charge in [-0.1, -0.05) is 23.7 Å². The standard InChI is InChI=1S/C14H18ClN3O/c1-18(8-13-7-16-10-17-13)14(9-19-2)11-3-5-12(15)6-4-11/h3-7,10,14H,8-9H2,1-2H3,(H,16,17)/t14-/m0/s1. The molecule has 0 aliphatic heterocycles. The molecule has 0 unspecified atom stereocenters. The number of nitrogens with zero attached hydrogens (tertiary/aromatic N) is 2. The van der Waals surface area contributed by atoms with Gasteiger partial charge in [-0.3, -0.25) is 4.90 Å². The first-order valence-corrected chi connectivity index (χ1v) is 6.50. The zero-order chi connectivity index (χ0) is 13.7. The van der Waals surface area contributed by atoms with Gasteiger partial charge in [-0.15, -0.1) is 0 Å². The maximum absolute atomic E-state index is 5.93. The van der Waals surface area contributed by atoms with Gasteiger partial charge in [0.1, 0.15) is 0 Å². The first-order valence-electron chi connectivity index (χ1n) is 6.12. The lowest BCUT2D eigenvalue weighted by Crippen LogP contribution is -2.27. The van der Waals surface area contributed by atoms with Gasteiger partial charge in [-0.05, 0) is 24.7 Å². The van der Waals surface area contributed by atoms with Crippen molar-refractivity contribution in [2.45, 2.75) is 12.6 Å². The molecule has 0 saturated carbocycles. The molecule has 1 atom stereocenters. The van der Waals surface area contributed by atoms with Crippen LogP contribution < -0.4 is 0 Å². The Bertz CT molecular complexity index is 484. The van der Waals surface area contributed by atoms with Crippen LogP contribution in [0.3, 0.4) is 0 Å². The highest BCUT2D eigenvalue weighted by Gasteiger charge is 2.17. The lowest BCUT2D eigenvalue weighted by atomic mass is 10.1. The number of aromatic nitrogens is 2. The number of halogens is 1. The van der Waals surface area contributed by atoms with Gasteiger partial charge in [-0.2, -0.15) is 0 Å². The number of imidazole rings is 1. The lowest BCUT2D eigenvalue weighted by molar-refractivity contribution is 0.102. The van der Waals surface area contributed by atoms with Gasteiger partial charge in [0.25, 0.3) is 0 Å². The Labute approximate surface area is 118 Å². The zero-order valence-corrected chi connectivity index (χ0v) is 11.9. The second kappa shape index (κ2) is 6.70. The maximum Gasteiger partial charge on any atom is 0.0922 e. The molecule has 0 bridgehead atoms. The van der Waals surface area contributed by atoms with Gasteiger partial charge in [0.05, 0.1) is 19.0 Å². The average Bonchev–Trinajstić information content (AvgIpc) is 2.90. The number of methoxy groups -OCH3 is 1. The van der Waals surface area contributed by atoms with E-state index in [1.54, 1.807) is 13.4 Å². The van der Waals surface area contributed by atoms with Crippen LogP contribution in [-0.4, -0.2) is 35.6 Å². The van der Waals surface area contributed by atoms with Gasteiger partial charge >= 0.3 is 0 Å². The molecule has 0 aliphatic rings. The second-order valence-electron chi connectivity index (χ2n) is 4.51. The summed E-state index contributed by atoms with van der Waals surface area (Å²) in [4.78, 5) is 9.37. The average molecular weight is 280 g/mol. The number of benzene rings is 1. The molecule has 2 aromatic rings. The first-order chi connectivity index (χ1) is 9.20. The van der Waals surface area contributed by atoms with Crippen LogP contribution in [0.2, 0.25) is 5.02 Å². The molecule has 0 radical (unpaired) electrons. The normalized spacial score (nSPS) is 12.8. The second-order valence-corrected chi connectivity index (χ2v) is 4.95. The van der Waals surface area contributed by atoms with Crippen LogP contribution in [0.1, 0.15) is 17.3 Å². The Hall–Kier alpha value is -1.36. The number of nitrogens with one attached hydrogen (secondary N) is 1. The summed E-state index contributed by atoms with van der Waals surface area (Å²) >= 11 is 5.93. The Morgan fingerprint density at radius 3 is 2.68 bits per heavy atom. The lowest BCUT2D eigenvalue weighted by Gasteiger charge is -2.27. The fourth-order valence-electron chi connectivity index (χ4n) is 2.07. The number of likely N-dealkylation sites (N-methyl/N-ethyl adjacent to an activating group) is 1. The fraction of sp³-hybridized carbons (Fsp3) is 0.357. The van der Waals surface area contributed by atoms with Crippen LogP contribution >= 0.6 is 11.6 Å². The van der Waals surface area contributed by atoms with Gasteiger partial charge in [0.2, 0.25) is 0 Å². The number of ether oxygens (including phenoxy) is 1. The van der Waals surface area contributed by atoms with Crippen LogP contribution in [-0.2, 0) is 11.3 Å². The molecular weight excluding hydrogens is 262 g/mol. The topological polar surface area (TPSA) is 41.1 Å². The molecule has 1 aromatic carbocycles. The molecule has 102 valence electrons. The van der Waals surface area contributed by atoms with Crippen LogP contribution in [0.4, 0.5) is 0 Å². The van der Waals surface area contributed by atoms with Gasteiger partial charge in [-0.25, -0.2) is 4.98 Å². The van der Waals surface area contributed by atoms with Crippen molar-refractivity contribution < 1.29 is 4.74 Å². The van der Waals surface area contributed by atoms with Crippen molar-refractivity contribution in [2.24, 2.45) is 0 Å². The van der Waals surface area contributed by atoms with E-state index in [0.717, 1.165) is 17.3 Å². The molecule has 1 aromatic heterocycles. The summed E-state index contributed by atoms with van der Waals surface area (Å²) in [5.41, 5.74) is 2.27. The summed E-state index contributed by atoms with van der Waals surface area (Å²) < 4.78 is 5.33. The number of hydrogen-bond donors (Lipinski definition) is 1. The SMILES string of the molecule is COC[C@@H](c1ccc(Cl)cc1)N(C)Cc1cnc[nH]1. The summed E-state index contributed by atoms with van der Waals surface area (Å²) in [6, 6.07) is 8.07. The Kier molecular flexibility index (Phi) is 4.96. The molecule has 4 nitrogen and oxygen atoms in total. The van der Waals surface area contributed by atoms with Crippen molar-refractivity contribution in [3.8, 4) is 0 Å². The minimum Gasteiger partial charge on any atom is -0.383 e. The van der Waals surface area contributed by atoms with Crippen LogP contribution in [0.25, 0.3) is 0 Å². The maximum atomic E-state index is 5.93. The summed E-state index contributed by atoms with van der Waals surface area (Å²) in [7, 11) is 3.78. The van der Waals surface area contributed by atoms with E-state index in [4.69, 9.17) is 16.3 Å². The highest BCUT2D eigenvalue weighted by molar-refractivity contribution is 6.30. The smallest absolute Gasteiger partial charge is 0.0922 e. The third kappa shape index (κ3) is 3.80. The van der Waals surface area contributed by atoms with Crippen LogP contribution in [0.5, 0.6) is 0 Å². The molecule has 0 fully saturated rings. The van der Waals surface area contributed by atoms with E-state index in [0.29, 0.717) is 6.61 Å².